The lowest BCUT2D eigenvalue weighted by atomic mass is 10.1. The first kappa shape index (κ1) is 18.2. The molecule has 0 aliphatic rings. The van der Waals surface area contributed by atoms with Crippen LogP contribution in [-0.4, -0.2) is 19.9 Å². The second-order valence-electron chi connectivity index (χ2n) is 6.08. The third-order valence-electron chi connectivity index (χ3n) is 4.37. The monoisotopic (exact) mass is 487 g/mol. The van der Waals surface area contributed by atoms with Crippen molar-refractivity contribution in [1.82, 2.24) is 14.8 Å². The molecule has 2 aromatic heterocycles. The van der Waals surface area contributed by atoms with Crippen molar-refractivity contribution in [3.8, 4) is 17.0 Å². The molecular formula is C19H14IN5O3. The molecular weight excluding hydrogens is 473 g/mol. The molecule has 3 N–H and O–H groups in total. The Labute approximate surface area is 171 Å². The molecule has 2 aromatic carbocycles. The predicted molar refractivity (Wildman–Crippen MR) is 115 cm³/mol. The number of hydrogen-bond acceptors (Lipinski definition) is 5. The van der Waals surface area contributed by atoms with Gasteiger partial charge in [-0.1, -0.05) is 12.1 Å². The summed E-state index contributed by atoms with van der Waals surface area (Å²) in [6.45, 7) is 0. The summed E-state index contributed by atoms with van der Waals surface area (Å²) < 4.78 is 2.46. The van der Waals surface area contributed by atoms with Crippen LogP contribution in [0.1, 0.15) is 0 Å². The molecule has 9 heteroatoms. The normalized spacial score (nSPS) is 11.5. The summed E-state index contributed by atoms with van der Waals surface area (Å²) in [5, 5.41) is 24.4. The standard InChI is InChI=1S/C19H14IN5O3/c1-25-13-5-3-2-4-12(13)17(26)14(19(25)28)15-16(18(27)24-22-15)23-21-11-8-6-10(20)7-9-11/h2-9,26H,1H3,(H2,22,24,27). The number of rotatable bonds is 3. The average molecular weight is 487 g/mol. The van der Waals surface area contributed by atoms with Crippen molar-refractivity contribution < 1.29 is 5.11 Å². The SMILES string of the molecule is Cn1c(=O)c(-c2[nH][nH]c(=O)c2N=Nc2ccc(I)cc2)c(O)c2ccccc21. The molecule has 0 aliphatic heterocycles. The minimum absolute atomic E-state index is 0.0453. The number of aromatic nitrogens is 3. The van der Waals surface area contributed by atoms with E-state index in [2.05, 4.69) is 43.0 Å². The number of halogens is 1. The zero-order valence-corrected chi connectivity index (χ0v) is 16.8. The van der Waals surface area contributed by atoms with E-state index in [0.29, 0.717) is 16.6 Å². The van der Waals surface area contributed by atoms with Gasteiger partial charge in [-0.2, -0.15) is 5.11 Å². The van der Waals surface area contributed by atoms with Crippen molar-refractivity contribution in [2.45, 2.75) is 0 Å². The van der Waals surface area contributed by atoms with Crippen LogP contribution in [0.5, 0.6) is 5.75 Å². The molecule has 0 spiro atoms. The van der Waals surface area contributed by atoms with Gasteiger partial charge in [-0.25, -0.2) is 0 Å². The first-order valence-corrected chi connectivity index (χ1v) is 9.34. The zero-order chi connectivity index (χ0) is 19.8. The largest absolute Gasteiger partial charge is 0.506 e. The van der Waals surface area contributed by atoms with E-state index in [9.17, 15) is 14.7 Å². The van der Waals surface area contributed by atoms with Gasteiger partial charge < -0.3 is 9.67 Å². The molecule has 2 heterocycles. The minimum atomic E-state index is -0.543. The molecule has 0 unspecified atom stereocenters. The summed E-state index contributed by atoms with van der Waals surface area (Å²) in [5.41, 5.74) is 0.0905. The van der Waals surface area contributed by atoms with Crippen LogP contribution < -0.4 is 11.1 Å². The Morgan fingerprint density at radius 1 is 1.00 bits per heavy atom. The number of azo groups is 1. The molecule has 0 saturated carbocycles. The maximum Gasteiger partial charge on any atom is 0.292 e. The van der Waals surface area contributed by atoms with E-state index in [-0.39, 0.29) is 22.7 Å². The van der Waals surface area contributed by atoms with Crippen molar-refractivity contribution in [3.05, 3.63) is 72.8 Å². The van der Waals surface area contributed by atoms with Crippen molar-refractivity contribution >= 4 is 44.9 Å². The second-order valence-corrected chi connectivity index (χ2v) is 7.33. The molecule has 28 heavy (non-hydrogen) atoms. The van der Waals surface area contributed by atoms with Gasteiger partial charge >= 0.3 is 0 Å². The highest BCUT2D eigenvalue weighted by Crippen LogP contribution is 2.35. The average Bonchev–Trinajstić information content (AvgIpc) is 3.06. The first-order valence-electron chi connectivity index (χ1n) is 8.26. The quantitative estimate of drug-likeness (QED) is 0.300. The Morgan fingerprint density at radius 2 is 1.71 bits per heavy atom. The summed E-state index contributed by atoms with van der Waals surface area (Å²) in [5.74, 6) is -0.223. The number of aromatic amines is 2. The summed E-state index contributed by atoms with van der Waals surface area (Å²) in [6, 6.07) is 14.2. The van der Waals surface area contributed by atoms with Crippen molar-refractivity contribution in [3.63, 3.8) is 0 Å². The summed E-state index contributed by atoms with van der Waals surface area (Å²) in [6.07, 6.45) is 0. The lowest BCUT2D eigenvalue weighted by Crippen LogP contribution is -2.19. The molecule has 0 bridgehead atoms. The van der Waals surface area contributed by atoms with E-state index in [1.165, 1.54) is 4.57 Å². The van der Waals surface area contributed by atoms with Crippen molar-refractivity contribution in [1.29, 1.82) is 0 Å². The van der Waals surface area contributed by atoms with E-state index < -0.39 is 11.1 Å². The van der Waals surface area contributed by atoms with Gasteiger partial charge in [0.1, 0.15) is 17.0 Å². The molecule has 0 saturated heterocycles. The number of benzene rings is 2. The number of pyridine rings is 1. The molecule has 0 fully saturated rings. The highest BCUT2D eigenvalue weighted by Gasteiger charge is 2.22. The number of fused-ring (bicyclic) bond motifs is 1. The highest BCUT2D eigenvalue weighted by atomic mass is 127. The fourth-order valence-corrected chi connectivity index (χ4v) is 3.31. The van der Waals surface area contributed by atoms with Gasteiger partial charge in [0.15, 0.2) is 5.69 Å². The van der Waals surface area contributed by atoms with Crippen LogP contribution in [0.3, 0.4) is 0 Å². The van der Waals surface area contributed by atoms with Crippen molar-refractivity contribution in [2.75, 3.05) is 0 Å². The summed E-state index contributed by atoms with van der Waals surface area (Å²) in [7, 11) is 1.60. The van der Waals surface area contributed by atoms with Crippen LogP contribution in [0.25, 0.3) is 22.2 Å². The number of H-pyrrole nitrogens is 2. The summed E-state index contributed by atoms with van der Waals surface area (Å²) in [4.78, 5) is 25.1. The Balaban J connectivity index is 1.91. The van der Waals surface area contributed by atoms with E-state index in [1.807, 2.05) is 12.1 Å². The molecule has 4 rings (SSSR count). The van der Waals surface area contributed by atoms with Gasteiger partial charge in [-0.3, -0.25) is 19.8 Å². The van der Waals surface area contributed by atoms with E-state index in [0.717, 1.165) is 3.57 Å². The van der Waals surface area contributed by atoms with Crippen LogP contribution in [-0.2, 0) is 7.05 Å². The smallest absolute Gasteiger partial charge is 0.292 e. The molecule has 8 nitrogen and oxygen atoms in total. The number of hydrogen-bond donors (Lipinski definition) is 3. The molecule has 0 atom stereocenters. The van der Waals surface area contributed by atoms with E-state index in [4.69, 9.17) is 0 Å². The van der Waals surface area contributed by atoms with Gasteiger partial charge in [0, 0.05) is 16.0 Å². The summed E-state index contributed by atoms with van der Waals surface area (Å²) >= 11 is 2.17. The predicted octanol–water partition coefficient (Wildman–Crippen LogP) is 3.95. The third kappa shape index (κ3) is 3.03. The molecule has 0 amide bonds. The van der Waals surface area contributed by atoms with Gasteiger partial charge in [-0.15, -0.1) is 5.11 Å². The number of aryl methyl sites for hydroxylation is 1. The van der Waals surface area contributed by atoms with Crippen LogP contribution in [0.15, 0.2) is 68.3 Å². The zero-order valence-electron chi connectivity index (χ0n) is 14.6. The molecule has 0 radical (unpaired) electrons. The Morgan fingerprint density at radius 3 is 2.46 bits per heavy atom. The lowest BCUT2D eigenvalue weighted by molar-refractivity contribution is 0.481. The van der Waals surface area contributed by atoms with Crippen LogP contribution in [0.2, 0.25) is 0 Å². The van der Waals surface area contributed by atoms with Crippen molar-refractivity contribution in [2.24, 2.45) is 17.3 Å². The first-order chi connectivity index (χ1) is 13.5. The number of nitrogens with zero attached hydrogens (tertiary/aromatic N) is 3. The Hall–Kier alpha value is -3.21. The highest BCUT2D eigenvalue weighted by molar-refractivity contribution is 14.1. The minimum Gasteiger partial charge on any atom is -0.506 e. The lowest BCUT2D eigenvalue weighted by Gasteiger charge is -2.10. The van der Waals surface area contributed by atoms with Gasteiger partial charge in [0.25, 0.3) is 11.1 Å². The Bertz CT molecular complexity index is 1330. The fourth-order valence-electron chi connectivity index (χ4n) is 2.95. The maximum atomic E-state index is 12.9. The molecule has 4 aromatic rings. The number of aromatic hydroxyl groups is 1. The van der Waals surface area contributed by atoms with Gasteiger partial charge in [-0.05, 0) is 59.0 Å². The maximum absolute atomic E-state index is 12.9. The fraction of sp³-hybridized carbons (Fsp3) is 0.0526. The van der Waals surface area contributed by atoms with Crippen LogP contribution >= 0.6 is 22.6 Å². The van der Waals surface area contributed by atoms with Gasteiger partial charge in [0.2, 0.25) is 0 Å². The Kier molecular flexibility index (Phi) is 4.59. The number of nitrogens with one attached hydrogen (secondary N) is 2. The van der Waals surface area contributed by atoms with Crippen LogP contribution in [0.4, 0.5) is 11.4 Å². The van der Waals surface area contributed by atoms with E-state index in [1.54, 1.807) is 43.4 Å². The van der Waals surface area contributed by atoms with Crippen LogP contribution in [0, 0.1) is 3.57 Å². The molecule has 0 aliphatic carbocycles. The third-order valence-corrected chi connectivity index (χ3v) is 5.09. The van der Waals surface area contributed by atoms with E-state index >= 15 is 0 Å². The number of para-hydroxylation sites is 1. The van der Waals surface area contributed by atoms with Gasteiger partial charge in [0.05, 0.1) is 11.2 Å². The molecule has 140 valence electrons. The topological polar surface area (TPSA) is 116 Å². The second kappa shape index (κ2) is 7.08.